The lowest BCUT2D eigenvalue weighted by molar-refractivity contribution is 0.102. The number of piperidine rings is 1. The standard InChI is InChI=1S/C25H33N3O3S/c1-17-16-21(32(30,31)27-18(2)19-12-14-28(3)15-13-19)10-11-24(17)26-25(29)23-9-5-7-20-6-4-8-22(20)23/h5,7,9-11,16,18-19,27H,4,6,8,12-15H2,1-3H3,(H,26,29)/t18-/m1/s1. The van der Waals surface area contributed by atoms with E-state index in [9.17, 15) is 13.2 Å². The third-order valence-electron chi connectivity index (χ3n) is 6.96. The molecule has 0 spiro atoms. The van der Waals surface area contributed by atoms with Crippen LogP contribution in [0.3, 0.4) is 0 Å². The minimum Gasteiger partial charge on any atom is -0.322 e. The minimum absolute atomic E-state index is 0.117. The summed E-state index contributed by atoms with van der Waals surface area (Å²) in [5.74, 6) is 0.199. The summed E-state index contributed by atoms with van der Waals surface area (Å²) in [5, 5.41) is 2.97. The van der Waals surface area contributed by atoms with Crippen LogP contribution in [0.5, 0.6) is 0 Å². The second-order valence-corrected chi connectivity index (χ2v) is 11.0. The fourth-order valence-electron chi connectivity index (χ4n) is 4.90. The summed E-state index contributed by atoms with van der Waals surface area (Å²) in [4.78, 5) is 15.4. The highest BCUT2D eigenvalue weighted by atomic mass is 32.2. The fourth-order valence-corrected chi connectivity index (χ4v) is 6.30. The van der Waals surface area contributed by atoms with Gasteiger partial charge in [0, 0.05) is 17.3 Å². The van der Waals surface area contributed by atoms with Crippen molar-refractivity contribution in [3.05, 3.63) is 58.7 Å². The molecule has 0 bridgehead atoms. The second kappa shape index (κ2) is 9.33. The van der Waals surface area contributed by atoms with Crippen molar-refractivity contribution in [2.75, 3.05) is 25.5 Å². The van der Waals surface area contributed by atoms with Crippen LogP contribution in [0.2, 0.25) is 0 Å². The Bertz CT molecular complexity index is 1110. The smallest absolute Gasteiger partial charge is 0.255 e. The molecule has 7 heteroatoms. The van der Waals surface area contributed by atoms with Crippen LogP contribution in [0, 0.1) is 12.8 Å². The molecule has 2 N–H and O–H groups in total. The number of benzene rings is 2. The number of nitrogens with zero attached hydrogens (tertiary/aromatic N) is 1. The molecule has 0 radical (unpaired) electrons. The van der Waals surface area contributed by atoms with Crippen molar-refractivity contribution < 1.29 is 13.2 Å². The molecule has 2 aliphatic rings. The predicted molar refractivity (Wildman–Crippen MR) is 128 cm³/mol. The number of rotatable bonds is 6. The van der Waals surface area contributed by atoms with Crippen LogP contribution in [0.4, 0.5) is 5.69 Å². The van der Waals surface area contributed by atoms with Crippen molar-refractivity contribution in [1.29, 1.82) is 0 Å². The number of sulfonamides is 1. The lowest BCUT2D eigenvalue weighted by Gasteiger charge is -2.32. The predicted octanol–water partition coefficient (Wildman–Crippen LogP) is 3.74. The second-order valence-electron chi connectivity index (χ2n) is 9.28. The van der Waals surface area contributed by atoms with E-state index in [-0.39, 0.29) is 16.8 Å². The summed E-state index contributed by atoms with van der Waals surface area (Å²) in [6.07, 6.45) is 5.01. The van der Waals surface area contributed by atoms with Crippen LogP contribution in [-0.2, 0) is 22.9 Å². The van der Waals surface area contributed by atoms with Gasteiger partial charge in [-0.05, 0) is 113 Å². The van der Waals surface area contributed by atoms with E-state index in [1.807, 2.05) is 26.0 Å². The summed E-state index contributed by atoms with van der Waals surface area (Å²) < 4.78 is 28.8. The fraction of sp³-hybridized carbons (Fsp3) is 0.480. The molecule has 2 aromatic carbocycles. The number of carbonyl (C=O) groups excluding carboxylic acids is 1. The van der Waals surface area contributed by atoms with Gasteiger partial charge in [0.05, 0.1) is 4.90 Å². The first-order valence-corrected chi connectivity index (χ1v) is 13.0. The zero-order valence-corrected chi connectivity index (χ0v) is 20.0. The molecule has 1 fully saturated rings. The molecule has 1 heterocycles. The van der Waals surface area contributed by atoms with E-state index in [2.05, 4.69) is 28.1 Å². The molecule has 32 heavy (non-hydrogen) atoms. The van der Waals surface area contributed by atoms with Crippen LogP contribution in [0.1, 0.15) is 53.2 Å². The summed E-state index contributed by atoms with van der Waals surface area (Å²) in [6.45, 7) is 5.77. The first kappa shape index (κ1) is 23.0. The third-order valence-corrected chi connectivity index (χ3v) is 8.51. The molecule has 1 aliphatic heterocycles. The van der Waals surface area contributed by atoms with Gasteiger partial charge in [-0.25, -0.2) is 13.1 Å². The number of amides is 1. The molecule has 172 valence electrons. The van der Waals surface area contributed by atoms with Gasteiger partial charge in [-0.3, -0.25) is 4.79 Å². The Morgan fingerprint density at radius 2 is 1.88 bits per heavy atom. The Balaban J connectivity index is 1.46. The first-order chi connectivity index (χ1) is 15.2. The van der Waals surface area contributed by atoms with Crippen molar-refractivity contribution in [3.8, 4) is 0 Å². The van der Waals surface area contributed by atoms with Gasteiger partial charge in [0.25, 0.3) is 5.91 Å². The minimum atomic E-state index is -3.63. The summed E-state index contributed by atoms with van der Waals surface area (Å²) in [6, 6.07) is 10.7. The van der Waals surface area contributed by atoms with Crippen LogP contribution < -0.4 is 10.0 Å². The molecule has 0 unspecified atom stereocenters. The lowest BCUT2D eigenvalue weighted by Crippen LogP contribution is -2.42. The molecule has 1 atom stereocenters. The molecule has 0 aromatic heterocycles. The highest BCUT2D eigenvalue weighted by molar-refractivity contribution is 7.89. The van der Waals surface area contributed by atoms with Crippen molar-refractivity contribution in [2.24, 2.45) is 5.92 Å². The van der Waals surface area contributed by atoms with Crippen molar-refractivity contribution >= 4 is 21.6 Å². The molecule has 0 saturated carbocycles. The maximum Gasteiger partial charge on any atom is 0.255 e. The number of anilines is 1. The molecule has 4 rings (SSSR count). The van der Waals surface area contributed by atoms with E-state index < -0.39 is 10.0 Å². The van der Waals surface area contributed by atoms with Gasteiger partial charge in [0.15, 0.2) is 0 Å². The summed E-state index contributed by atoms with van der Waals surface area (Å²) in [5.41, 5.74) is 4.45. The Morgan fingerprint density at radius 1 is 1.12 bits per heavy atom. The molecule has 1 aliphatic carbocycles. The van der Waals surface area contributed by atoms with Crippen LogP contribution >= 0.6 is 0 Å². The van der Waals surface area contributed by atoms with Gasteiger partial charge in [-0.1, -0.05) is 12.1 Å². The van der Waals surface area contributed by atoms with Crippen molar-refractivity contribution in [2.45, 2.75) is 56.9 Å². The quantitative estimate of drug-likeness (QED) is 0.696. The van der Waals surface area contributed by atoms with Crippen LogP contribution in [0.15, 0.2) is 41.3 Å². The molecule has 1 amide bonds. The number of likely N-dealkylation sites (tertiary alicyclic amines) is 1. The molecular formula is C25H33N3O3S. The highest BCUT2D eigenvalue weighted by Gasteiger charge is 2.27. The average Bonchev–Trinajstić information content (AvgIpc) is 3.24. The topological polar surface area (TPSA) is 78.5 Å². The molecule has 2 aromatic rings. The maximum absolute atomic E-state index is 13.0. The van der Waals surface area contributed by atoms with Gasteiger partial charge < -0.3 is 10.2 Å². The number of fused-ring (bicyclic) bond motifs is 1. The highest BCUT2D eigenvalue weighted by Crippen LogP contribution is 2.27. The maximum atomic E-state index is 13.0. The van der Waals surface area contributed by atoms with Crippen LogP contribution in [0.25, 0.3) is 0 Å². The number of nitrogens with one attached hydrogen (secondary N) is 2. The zero-order chi connectivity index (χ0) is 22.9. The average molecular weight is 456 g/mol. The van der Waals surface area contributed by atoms with Gasteiger partial charge in [-0.2, -0.15) is 0 Å². The Labute approximate surface area is 191 Å². The van der Waals surface area contributed by atoms with Crippen molar-refractivity contribution in [3.63, 3.8) is 0 Å². The van der Waals surface area contributed by atoms with E-state index in [0.717, 1.165) is 56.3 Å². The van der Waals surface area contributed by atoms with Crippen LogP contribution in [-0.4, -0.2) is 45.4 Å². The van der Waals surface area contributed by atoms with E-state index in [4.69, 9.17) is 0 Å². The SMILES string of the molecule is Cc1cc(S(=O)(=O)N[C@H](C)C2CCN(C)CC2)ccc1NC(=O)c1cccc2c1CCC2. The largest absolute Gasteiger partial charge is 0.322 e. The Morgan fingerprint density at radius 3 is 2.59 bits per heavy atom. The number of carbonyl (C=O) groups is 1. The van der Waals surface area contributed by atoms with Gasteiger partial charge in [0.2, 0.25) is 10.0 Å². The summed E-state index contributed by atoms with van der Waals surface area (Å²) in [7, 11) is -1.53. The third kappa shape index (κ3) is 4.90. The van der Waals surface area contributed by atoms with E-state index in [1.165, 1.54) is 5.56 Å². The van der Waals surface area contributed by atoms with Crippen molar-refractivity contribution in [1.82, 2.24) is 9.62 Å². The Kier molecular flexibility index (Phi) is 6.70. The van der Waals surface area contributed by atoms with Gasteiger partial charge >= 0.3 is 0 Å². The van der Waals surface area contributed by atoms with E-state index >= 15 is 0 Å². The first-order valence-electron chi connectivity index (χ1n) is 11.5. The Hall–Kier alpha value is -2.22. The molecule has 1 saturated heterocycles. The summed E-state index contributed by atoms with van der Waals surface area (Å²) >= 11 is 0. The molecule has 6 nitrogen and oxygen atoms in total. The lowest BCUT2D eigenvalue weighted by atomic mass is 9.91. The normalized spacial score (nSPS) is 18.3. The van der Waals surface area contributed by atoms with E-state index in [0.29, 0.717) is 17.2 Å². The van der Waals surface area contributed by atoms with Gasteiger partial charge in [-0.15, -0.1) is 0 Å². The number of hydrogen-bond donors (Lipinski definition) is 2. The van der Waals surface area contributed by atoms with Gasteiger partial charge in [0.1, 0.15) is 0 Å². The number of aryl methyl sites for hydroxylation is 2. The molecular weight excluding hydrogens is 422 g/mol. The monoisotopic (exact) mass is 455 g/mol. The zero-order valence-electron chi connectivity index (χ0n) is 19.1. The van der Waals surface area contributed by atoms with E-state index in [1.54, 1.807) is 18.2 Å². The number of hydrogen-bond acceptors (Lipinski definition) is 4.